The Bertz CT molecular complexity index is 313. The molecular weight excluding hydrogens is 285 g/mol. The molecule has 0 saturated heterocycles. The van der Waals surface area contributed by atoms with Gasteiger partial charge in [0, 0.05) is 18.3 Å². The second-order valence-electron chi connectivity index (χ2n) is 3.81. The lowest BCUT2D eigenvalue weighted by atomic mass is 10.2. The van der Waals surface area contributed by atoms with Crippen LogP contribution in [-0.4, -0.2) is 52.4 Å². The molecule has 5 nitrogen and oxygen atoms in total. The van der Waals surface area contributed by atoms with Crippen molar-refractivity contribution in [2.45, 2.75) is 31.8 Å². The Morgan fingerprint density at radius 3 is 2.42 bits per heavy atom. The summed E-state index contributed by atoms with van der Waals surface area (Å²) >= 11 is -0.234. The van der Waals surface area contributed by atoms with Gasteiger partial charge in [-0.25, -0.2) is 4.79 Å². The summed E-state index contributed by atoms with van der Waals surface area (Å²) in [7, 11) is 0. The normalized spacial score (nSPS) is 12.9. The second-order valence-corrected chi connectivity index (χ2v) is 4.96. The van der Waals surface area contributed by atoms with E-state index < -0.39 is 24.1 Å². The van der Waals surface area contributed by atoms with Crippen molar-refractivity contribution in [3.63, 3.8) is 0 Å². The third-order valence-electron chi connectivity index (χ3n) is 2.33. The predicted molar refractivity (Wildman–Crippen MR) is 66.0 cm³/mol. The van der Waals surface area contributed by atoms with Gasteiger partial charge in [0.2, 0.25) is 0 Å². The molecule has 19 heavy (non-hydrogen) atoms. The van der Waals surface area contributed by atoms with Gasteiger partial charge in [0.05, 0.1) is 0 Å². The van der Waals surface area contributed by atoms with Crippen LogP contribution >= 0.6 is 11.8 Å². The Morgan fingerprint density at radius 1 is 1.42 bits per heavy atom. The highest BCUT2D eigenvalue weighted by molar-refractivity contribution is 8.00. The zero-order valence-corrected chi connectivity index (χ0v) is 11.5. The van der Waals surface area contributed by atoms with Crippen LogP contribution in [0, 0.1) is 0 Å². The van der Waals surface area contributed by atoms with Gasteiger partial charge in [-0.15, -0.1) is 0 Å². The van der Waals surface area contributed by atoms with Crippen molar-refractivity contribution in [1.29, 1.82) is 0 Å². The van der Waals surface area contributed by atoms with Crippen LogP contribution in [0.5, 0.6) is 0 Å². The van der Waals surface area contributed by atoms with Gasteiger partial charge in [-0.1, -0.05) is 6.92 Å². The molecule has 1 unspecified atom stereocenters. The fourth-order valence-corrected chi connectivity index (χ4v) is 1.66. The maximum Gasteiger partial charge on any atom is 0.441 e. The summed E-state index contributed by atoms with van der Waals surface area (Å²) in [6.45, 7) is 2.81. The number of hydrogen-bond donors (Lipinski definition) is 2. The predicted octanol–water partition coefficient (Wildman–Crippen LogP) is 2.13. The Hall–Kier alpha value is -1.12. The number of carboxylic acid groups (broad SMARTS) is 1. The molecule has 0 fully saturated rings. The minimum absolute atomic E-state index is 0.171. The number of urea groups is 1. The Labute approximate surface area is 113 Å². The molecule has 0 aromatic heterocycles. The third kappa shape index (κ3) is 8.57. The van der Waals surface area contributed by atoms with Crippen LogP contribution in [0.3, 0.4) is 0 Å². The number of carbonyl (C=O) groups is 2. The summed E-state index contributed by atoms with van der Waals surface area (Å²) in [6, 6.07) is -0.967. The number of alkyl halides is 3. The molecular formula is C10H17F3N2O3S. The summed E-state index contributed by atoms with van der Waals surface area (Å²) in [5, 5.41) is 11.0. The summed E-state index contributed by atoms with van der Waals surface area (Å²) < 4.78 is 35.6. The Morgan fingerprint density at radius 2 is 2.00 bits per heavy atom. The lowest BCUT2D eigenvalue weighted by Gasteiger charge is -2.27. The number of carboxylic acids is 1. The molecule has 0 spiro atoms. The van der Waals surface area contributed by atoms with E-state index in [0.29, 0.717) is 6.42 Å². The maximum atomic E-state index is 11.9. The number of aliphatic carboxylic acids is 1. The van der Waals surface area contributed by atoms with Gasteiger partial charge in [0.15, 0.2) is 0 Å². The van der Waals surface area contributed by atoms with Crippen LogP contribution in [0.25, 0.3) is 0 Å². The molecule has 0 aromatic rings. The monoisotopic (exact) mass is 302 g/mol. The molecule has 2 amide bonds. The van der Waals surface area contributed by atoms with Gasteiger partial charge in [-0.05, 0) is 25.1 Å². The Kier molecular flexibility index (Phi) is 7.65. The molecule has 0 aliphatic heterocycles. The first-order valence-electron chi connectivity index (χ1n) is 5.64. The molecule has 0 heterocycles. The number of nitrogens with one attached hydrogen (secondary N) is 1. The molecule has 9 heteroatoms. The van der Waals surface area contributed by atoms with Gasteiger partial charge in [0.25, 0.3) is 0 Å². The summed E-state index contributed by atoms with van der Waals surface area (Å²) in [6.07, 6.45) is 0.554. The van der Waals surface area contributed by atoms with E-state index in [-0.39, 0.29) is 30.1 Å². The first-order chi connectivity index (χ1) is 8.67. The summed E-state index contributed by atoms with van der Waals surface area (Å²) in [4.78, 5) is 23.4. The molecule has 0 aliphatic rings. The Balaban J connectivity index is 4.22. The van der Waals surface area contributed by atoms with Crippen LogP contribution < -0.4 is 5.32 Å². The number of nitrogens with zero attached hydrogens (tertiary/aromatic N) is 1. The molecule has 0 rings (SSSR count). The number of thioether (sulfide) groups is 1. The first-order valence-corrected chi connectivity index (χ1v) is 6.63. The molecule has 0 bridgehead atoms. The van der Waals surface area contributed by atoms with E-state index in [1.54, 1.807) is 13.8 Å². The highest BCUT2D eigenvalue weighted by Gasteiger charge is 2.28. The van der Waals surface area contributed by atoms with E-state index >= 15 is 0 Å². The molecule has 1 atom stereocenters. The van der Waals surface area contributed by atoms with Crippen molar-refractivity contribution in [1.82, 2.24) is 10.2 Å². The smallest absolute Gasteiger partial charge is 0.441 e. The largest absolute Gasteiger partial charge is 0.480 e. The van der Waals surface area contributed by atoms with E-state index in [2.05, 4.69) is 5.32 Å². The van der Waals surface area contributed by atoms with Crippen molar-refractivity contribution in [2.24, 2.45) is 0 Å². The van der Waals surface area contributed by atoms with E-state index in [1.807, 2.05) is 0 Å². The highest BCUT2D eigenvalue weighted by Crippen LogP contribution is 2.29. The minimum Gasteiger partial charge on any atom is -0.480 e. The molecule has 0 aromatic carbocycles. The first kappa shape index (κ1) is 17.9. The topological polar surface area (TPSA) is 69.6 Å². The molecule has 0 aliphatic carbocycles. The number of carbonyl (C=O) groups excluding carboxylic acids is 1. The second kappa shape index (κ2) is 8.13. The third-order valence-corrected chi connectivity index (χ3v) is 3.07. The fraction of sp³-hybridized carbons (Fsp3) is 0.800. The minimum atomic E-state index is -4.33. The van der Waals surface area contributed by atoms with Gasteiger partial charge in [0.1, 0.15) is 6.54 Å². The van der Waals surface area contributed by atoms with Crippen LogP contribution in [0.1, 0.15) is 20.3 Å². The average Bonchev–Trinajstić information content (AvgIpc) is 2.29. The number of halogens is 3. The van der Waals surface area contributed by atoms with Crippen molar-refractivity contribution < 1.29 is 27.9 Å². The standard InChI is InChI=1S/C10H17F3N2O3S/c1-3-7(2)15(6-8(16)17)9(18)14-4-5-19-10(11,12)13/h7H,3-6H2,1-2H3,(H,14,18)(H,16,17). The SMILES string of the molecule is CCC(C)N(CC(=O)O)C(=O)NCCSC(F)(F)F. The quantitative estimate of drug-likeness (QED) is 0.707. The van der Waals surface area contributed by atoms with Gasteiger partial charge >= 0.3 is 17.5 Å². The molecule has 0 radical (unpaired) electrons. The summed E-state index contributed by atoms with van der Waals surface area (Å²) in [5.41, 5.74) is -4.33. The average molecular weight is 302 g/mol. The van der Waals surface area contributed by atoms with E-state index in [0.717, 1.165) is 4.90 Å². The number of amides is 2. The van der Waals surface area contributed by atoms with Gasteiger partial charge in [-0.3, -0.25) is 4.79 Å². The van der Waals surface area contributed by atoms with Crippen LogP contribution in [-0.2, 0) is 4.79 Å². The zero-order chi connectivity index (χ0) is 15.1. The van der Waals surface area contributed by atoms with Crippen molar-refractivity contribution in [3.8, 4) is 0 Å². The van der Waals surface area contributed by atoms with E-state index in [9.17, 15) is 22.8 Å². The molecule has 0 saturated carbocycles. The van der Waals surface area contributed by atoms with E-state index in [4.69, 9.17) is 5.11 Å². The van der Waals surface area contributed by atoms with Gasteiger partial charge in [-0.2, -0.15) is 13.2 Å². The zero-order valence-electron chi connectivity index (χ0n) is 10.7. The van der Waals surface area contributed by atoms with Crippen molar-refractivity contribution in [2.75, 3.05) is 18.8 Å². The van der Waals surface area contributed by atoms with Crippen molar-refractivity contribution >= 4 is 23.8 Å². The highest BCUT2D eigenvalue weighted by atomic mass is 32.2. The number of rotatable bonds is 7. The summed E-state index contributed by atoms with van der Waals surface area (Å²) in [5.74, 6) is -1.48. The van der Waals surface area contributed by atoms with Gasteiger partial charge < -0.3 is 15.3 Å². The van der Waals surface area contributed by atoms with Crippen LogP contribution in [0.15, 0.2) is 0 Å². The number of hydrogen-bond acceptors (Lipinski definition) is 3. The van der Waals surface area contributed by atoms with Crippen LogP contribution in [0.4, 0.5) is 18.0 Å². The maximum absolute atomic E-state index is 11.9. The lowest BCUT2D eigenvalue weighted by Crippen LogP contribution is -2.47. The van der Waals surface area contributed by atoms with Crippen LogP contribution in [0.2, 0.25) is 0 Å². The molecule has 2 N–H and O–H groups in total. The lowest BCUT2D eigenvalue weighted by molar-refractivity contribution is -0.138. The molecule has 112 valence electrons. The fourth-order valence-electron chi connectivity index (χ4n) is 1.22. The van der Waals surface area contributed by atoms with Crippen molar-refractivity contribution in [3.05, 3.63) is 0 Å². The van der Waals surface area contributed by atoms with E-state index in [1.165, 1.54) is 0 Å².